The van der Waals surface area contributed by atoms with Crippen molar-refractivity contribution in [2.45, 2.75) is 32.5 Å². The van der Waals surface area contributed by atoms with Gasteiger partial charge in [-0.3, -0.25) is 14.4 Å². The van der Waals surface area contributed by atoms with Crippen molar-refractivity contribution in [1.29, 1.82) is 0 Å². The van der Waals surface area contributed by atoms with Crippen molar-refractivity contribution in [2.75, 3.05) is 21.0 Å². The van der Waals surface area contributed by atoms with Crippen molar-refractivity contribution in [1.82, 2.24) is 25.2 Å². The van der Waals surface area contributed by atoms with Crippen LogP contribution in [-0.4, -0.2) is 53.0 Å². The highest BCUT2D eigenvalue weighted by Crippen LogP contribution is 2.28. The number of hydrogen-bond acceptors (Lipinski definition) is 9. The second kappa shape index (κ2) is 12.3. The van der Waals surface area contributed by atoms with Crippen molar-refractivity contribution in [3.05, 3.63) is 87.1 Å². The number of hydrogen-bond donors (Lipinski definition) is 2. The predicted molar refractivity (Wildman–Crippen MR) is 137 cm³/mol. The Kier molecular flexibility index (Phi) is 8.61. The van der Waals surface area contributed by atoms with Crippen molar-refractivity contribution in [3.63, 3.8) is 0 Å². The number of nitrogens with one attached hydrogen (secondary N) is 2. The standard InChI is InChI=1S/C26H27FN6O6/c1-15-30-19(9-21(31-15)26(36)28-11-16-4-6-18(27)23(8-16)38-3)20-10-22(39-32-20)17-5-7-25(35)33(12-17)13-24(34)29-14-37-2/h4-9,12,22H,10-11,13-14H2,1-3H3,(H,28,36)(H,29,34). The summed E-state index contributed by atoms with van der Waals surface area (Å²) < 4.78 is 24.7. The van der Waals surface area contributed by atoms with Gasteiger partial charge in [0.05, 0.1) is 12.8 Å². The topological polar surface area (TPSA) is 146 Å². The van der Waals surface area contributed by atoms with E-state index in [1.807, 2.05) is 0 Å². The molecule has 13 heteroatoms. The number of methoxy groups -OCH3 is 2. The van der Waals surface area contributed by atoms with Crippen LogP contribution in [-0.2, 0) is 27.5 Å². The Balaban J connectivity index is 1.43. The normalized spacial score (nSPS) is 14.4. The second-order valence-electron chi connectivity index (χ2n) is 8.63. The summed E-state index contributed by atoms with van der Waals surface area (Å²) in [5, 5.41) is 9.42. The molecule has 2 amide bonds. The average Bonchev–Trinajstić information content (AvgIpc) is 3.42. The number of rotatable bonds is 10. The number of pyridine rings is 1. The van der Waals surface area contributed by atoms with E-state index in [2.05, 4.69) is 25.8 Å². The van der Waals surface area contributed by atoms with E-state index in [-0.39, 0.29) is 42.7 Å². The molecule has 0 fully saturated rings. The Morgan fingerprint density at radius 3 is 2.74 bits per heavy atom. The molecule has 0 aliphatic carbocycles. The Labute approximate surface area is 222 Å². The number of aromatic nitrogens is 3. The van der Waals surface area contributed by atoms with Gasteiger partial charge >= 0.3 is 0 Å². The third kappa shape index (κ3) is 6.82. The third-order valence-electron chi connectivity index (χ3n) is 5.81. The molecule has 204 valence electrons. The highest BCUT2D eigenvalue weighted by atomic mass is 19.1. The minimum atomic E-state index is -0.519. The highest BCUT2D eigenvalue weighted by Gasteiger charge is 2.26. The van der Waals surface area contributed by atoms with Crippen LogP contribution < -0.4 is 20.9 Å². The molecule has 0 radical (unpaired) electrons. The number of halogens is 1. The van der Waals surface area contributed by atoms with Gasteiger partial charge in [0, 0.05) is 37.9 Å². The number of nitrogens with zero attached hydrogens (tertiary/aromatic N) is 4. The van der Waals surface area contributed by atoms with Gasteiger partial charge in [-0.1, -0.05) is 11.2 Å². The summed E-state index contributed by atoms with van der Waals surface area (Å²) in [5.74, 6) is -0.864. The number of carbonyl (C=O) groups is 2. The highest BCUT2D eigenvalue weighted by molar-refractivity contribution is 6.02. The molecule has 1 aliphatic rings. The molecule has 39 heavy (non-hydrogen) atoms. The maximum absolute atomic E-state index is 13.6. The minimum absolute atomic E-state index is 0.0373. The van der Waals surface area contributed by atoms with Crippen LogP contribution in [0.4, 0.5) is 4.39 Å². The number of amides is 2. The van der Waals surface area contributed by atoms with Crippen LogP contribution in [0.15, 0.2) is 52.5 Å². The lowest BCUT2D eigenvalue weighted by Gasteiger charge is -2.12. The van der Waals surface area contributed by atoms with Gasteiger partial charge in [-0.25, -0.2) is 14.4 Å². The molecule has 0 bridgehead atoms. The molecule has 0 spiro atoms. The molecule has 12 nitrogen and oxygen atoms in total. The SMILES string of the molecule is COCNC(=O)Cn1cc(C2CC(c3cc(C(=O)NCc4ccc(F)c(OC)c4)nc(C)n3)=NO2)ccc1=O. The maximum atomic E-state index is 13.6. The summed E-state index contributed by atoms with van der Waals surface area (Å²) in [6, 6.07) is 8.81. The zero-order valence-corrected chi connectivity index (χ0v) is 21.6. The second-order valence-corrected chi connectivity index (χ2v) is 8.63. The fourth-order valence-electron chi connectivity index (χ4n) is 3.85. The summed E-state index contributed by atoms with van der Waals surface area (Å²) in [4.78, 5) is 51.3. The Morgan fingerprint density at radius 1 is 1.15 bits per heavy atom. The van der Waals surface area contributed by atoms with Gasteiger partial charge in [0.25, 0.3) is 11.5 Å². The van der Waals surface area contributed by atoms with Gasteiger partial charge in [-0.05, 0) is 36.8 Å². The van der Waals surface area contributed by atoms with E-state index in [4.69, 9.17) is 14.3 Å². The van der Waals surface area contributed by atoms with Gasteiger partial charge in [-0.15, -0.1) is 0 Å². The molecule has 4 rings (SSSR count). The molecule has 0 saturated heterocycles. The number of ether oxygens (including phenoxy) is 2. The molecule has 1 atom stereocenters. The summed E-state index contributed by atoms with van der Waals surface area (Å²) in [5.41, 5.74) is 2.01. The first-order valence-corrected chi connectivity index (χ1v) is 11.9. The van der Waals surface area contributed by atoms with Crippen LogP contribution in [0, 0.1) is 12.7 Å². The zero-order chi connectivity index (χ0) is 27.9. The van der Waals surface area contributed by atoms with Gasteiger partial charge < -0.3 is 29.5 Å². The van der Waals surface area contributed by atoms with Crippen LogP contribution in [0.25, 0.3) is 0 Å². The Morgan fingerprint density at radius 2 is 1.97 bits per heavy atom. The summed E-state index contributed by atoms with van der Waals surface area (Å²) in [6.45, 7) is 1.66. The van der Waals surface area contributed by atoms with E-state index in [0.29, 0.717) is 34.8 Å². The van der Waals surface area contributed by atoms with E-state index < -0.39 is 17.8 Å². The van der Waals surface area contributed by atoms with Crippen LogP contribution in [0.2, 0.25) is 0 Å². The van der Waals surface area contributed by atoms with E-state index in [1.165, 1.54) is 43.1 Å². The van der Waals surface area contributed by atoms with Crippen LogP contribution >= 0.6 is 0 Å². The molecule has 0 saturated carbocycles. The lowest BCUT2D eigenvalue weighted by atomic mass is 10.0. The lowest BCUT2D eigenvalue weighted by Crippen LogP contribution is -2.33. The van der Waals surface area contributed by atoms with Gasteiger partial charge in [0.1, 0.15) is 30.5 Å². The number of aryl methyl sites for hydroxylation is 1. The quantitative estimate of drug-likeness (QED) is 0.370. The van der Waals surface area contributed by atoms with Gasteiger partial charge in [0.15, 0.2) is 17.7 Å². The molecular formula is C26H27FN6O6. The molecule has 2 aromatic heterocycles. The first kappa shape index (κ1) is 27.4. The smallest absolute Gasteiger partial charge is 0.270 e. The van der Waals surface area contributed by atoms with E-state index in [9.17, 15) is 18.8 Å². The third-order valence-corrected chi connectivity index (χ3v) is 5.81. The van der Waals surface area contributed by atoms with Crippen molar-refractivity contribution < 1.29 is 28.3 Å². The Hall–Kier alpha value is -4.65. The number of benzene rings is 1. The fraction of sp³-hybridized carbons (Fsp3) is 0.308. The van der Waals surface area contributed by atoms with Crippen molar-refractivity contribution in [2.24, 2.45) is 5.16 Å². The van der Waals surface area contributed by atoms with E-state index in [1.54, 1.807) is 25.3 Å². The van der Waals surface area contributed by atoms with Crippen molar-refractivity contribution in [3.8, 4) is 5.75 Å². The summed E-state index contributed by atoms with van der Waals surface area (Å²) in [6.07, 6.45) is 1.35. The maximum Gasteiger partial charge on any atom is 0.270 e. The summed E-state index contributed by atoms with van der Waals surface area (Å²) >= 11 is 0. The Bertz CT molecular complexity index is 1470. The molecule has 3 heterocycles. The first-order valence-electron chi connectivity index (χ1n) is 11.9. The first-order chi connectivity index (χ1) is 18.8. The van der Waals surface area contributed by atoms with E-state index in [0.717, 1.165) is 0 Å². The average molecular weight is 539 g/mol. The van der Waals surface area contributed by atoms with Crippen LogP contribution in [0.3, 0.4) is 0 Å². The molecule has 1 unspecified atom stereocenters. The summed E-state index contributed by atoms with van der Waals surface area (Å²) in [7, 11) is 2.81. The molecule has 2 N–H and O–H groups in total. The monoisotopic (exact) mass is 538 g/mol. The molecular weight excluding hydrogens is 511 g/mol. The largest absolute Gasteiger partial charge is 0.494 e. The van der Waals surface area contributed by atoms with Crippen molar-refractivity contribution >= 4 is 17.5 Å². The lowest BCUT2D eigenvalue weighted by molar-refractivity contribution is -0.123. The van der Waals surface area contributed by atoms with Crippen LogP contribution in [0.1, 0.15) is 45.7 Å². The molecule has 1 aromatic carbocycles. The number of carbonyl (C=O) groups excluding carboxylic acids is 2. The van der Waals surface area contributed by atoms with E-state index >= 15 is 0 Å². The zero-order valence-electron chi connectivity index (χ0n) is 21.6. The fourth-order valence-corrected chi connectivity index (χ4v) is 3.85. The number of oxime groups is 1. The van der Waals surface area contributed by atoms with Crippen LogP contribution in [0.5, 0.6) is 5.75 Å². The van der Waals surface area contributed by atoms with Gasteiger partial charge in [0.2, 0.25) is 5.91 Å². The minimum Gasteiger partial charge on any atom is -0.494 e. The van der Waals surface area contributed by atoms with Gasteiger partial charge in [-0.2, -0.15) is 0 Å². The predicted octanol–water partition coefficient (Wildman–Crippen LogP) is 1.61. The molecule has 1 aliphatic heterocycles. The molecule has 3 aromatic rings.